The summed E-state index contributed by atoms with van der Waals surface area (Å²) in [6, 6.07) is 22.7. The van der Waals surface area contributed by atoms with Gasteiger partial charge in [-0.15, -0.1) is 0 Å². The van der Waals surface area contributed by atoms with Gasteiger partial charge in [-0.25, -0.2) is 4.79 Å². The average Bonchev–Trinajstić information content (AvgIpc) is 3.52. The second-order valence-electron chi connectivity index (χ2n) is 11.6. The van der Waals surface area contributed by atoms with E-state index in [2.05, 4.69) is 15.1 Å². The first kappa shape index (κ1) is 31.2. The van der Waals surface area contributed by atoms with E-state index in [0.717, 1.165) is 73.8 Å². The molecule has 0 unspecified atom stereocenters. The number of hydrogen-bond acceptors (Lipinski definition) is 9. The zero-order chi connectivity index (χ0) is 31.7. The Morgan fingerprint density at radius 2 is 1.61 bits per heavy atom. The SMILES string of the molecule is O=C(OCc1ccccc1)N1CCCN(c2ccc3c(=O)ccoc3c2)CC1.O=C1CCOc2cc(N3CCCNCC3)ccc21. The van der Waals surface area contributed by atoms with Crippen LogP contribution in [0.5, 0.6) is 5.75 Å². The van der Waals surface area contributed by atoms with E-state index in [9.17, 15) is 14.4 Å². The molecule has 46 heavy (non-hydrogen) atoms. The molecule has 3 aliphatic rings. The van der Waals surface area contributed by atoms with Crippen LogP contribution in [0, 0.1) is 0 Å². The monoisotopic (exact) mass is 624 g/mol. The van der Waals surface area contributed by atoms with E-state index >= 15 is 0 Å². The number of carbonyl (C=O) groups excluding carboxylic acids is 2. The predicted octanol–water partition coefficient (Wildman–Crippen LogP) is 5.09. The highest BCUT2D eigenvalue weighted by Crippen LogP contribution is 2.30. The molecule has 4 heterocycles. The normalized spacial score (nSPS) is 16.8. The van der Waals surface area contributed by atoms with Gasteiger partial charge in [0.2, 0.25) is 0 Å². The third-order valence-electron chi connectivity index (χ3n) is 8.53. The van der Waals surface area contributed by atoms with Crippen LogP contribution in [0.25, 0.3) is 11.0 Å². The minimum absolute atomic E-state index is 0.0454. The first-order chi connectivity index (χ1) is 22.5. The number of carbonyl (C=O) groups is 2. The summed E-state index contributed by atoms with van der Waals surface area (Å²) in [5, 5.41) is 3.97. The second-order valence-corrected chi connectivity index (χ2v) is 11.6. The molecule has 3 aliphatic heterocycles. The number of ketones is 1. The third kappa shape index (κ3) is 7.69. The van der Waals surface area contributed by atoms with Gasteiger partial charge in [-0.2, -0.15) is 0 Å². The number of nitrogens with one attached hydrogen (secondary N) is 1. The van der Waals surface area contributed by atoms with E-state index in [-0.39, 0.29) is 23.9 Å². The van der Waals surface area contributed by atoms with Crippen LogP contribution in [-0.4, -0.2) is 75.7 Å². The van der Waals surface area contributed by atoms with Gasteiger partial charge < -0.3 is 33.9 Å². The third-order valence-corrected chi connectivity index (χ3v) is 8.53. The zero-order valence-electron chi connectivity index (χ0n) is 26.0. The first-order valence-corrected chi connectivity index (χ1v) is 16.0. The molecule has 10 heteroatoms. The first-order valence-electron chi connectivity index (χ1n) is 16.0. The Bertz CT molecular complexity index is 1700. The summed E-state index contributed by atoms with van der Waals surface area (Å²) in [5.74, 6) is 0.946. The standard InChI is InChI=1S/C22H22N2O4.C14H18N2O2/c25-20-9-14-27-21-15-18(7-8-19(20)21)23-10-4-11-24(13-12-23)22(26)28-16-17-5-2-1-3-6-17;17-13-4-9-18-14-10-11(2-3-12(13)14)16-7-1-5-15-6-8-16/h1-3,5-9,14-15H,4,10-13,16H2;2-3,10,15H,1,4-9H2. The van der Waals surface area contributed by atoms with Gasteiger partial charge in [0, 0.05) is 81.8 Å². The molecule has 1 N–H and O–H groups in total. The highest BCUT2D eigenvalue weighted by molar-refractivity contribution is 6.00. The molecule has 1 amide bonds. The number of rotatable bonds is 4. The van der Waals surface area contributed by atoms with Crippen LogP contribution in [0.1, 0.15) is 35.2 Å². The van der Waals surface area contributed by atoms with Crippen LogP contribution in [0.3, 0.4) is 0 Å². The summed E-state index contributed by atoms with van der Waals surface area (Å²) in [4.78, 5) is 42.3. The number of hydrogen-bond donors (Lipinski definition) is 1. The molecule has 2 saturated heterocycles. The molecule has 10 nitrogen and oxygen atoms in total. The molecule has 0 spiro atoms. The highest BCUT2D eigenvalue weighted by Gasteiger charge is 2.22. The average molecular weight is 625 g/mol. The molecule has 3 aromatic carbocycles. The molecule has 1 aromatic heterocycles. The van der Waals surface area contributed by atoms with Crippen molar-refractivity contribution in [3.63, 3.8) is 0 Å². The maximum absolute atomic E-state index is 12.4. The van der Waals surface area contributed by atoms with E-state index in [1.54, 1.807) is 11.0 Å². The van der Waals surface area contributed by atoms with Gasteiger partial charge in [-0.05, 0) is 49.2 Å². The molecular weight excluding hydrogens is 584 g/mol. The van der Waals surface area contributed by atoms with Crippen LogP contribution in [-0.2, 0) is 11.3 Å². The Morgan fingerprint density at radius 3 is 2.50 bits per heavy atom. The molecular formula is C36H40N4O6. The number of amides is 1. The van der Waals surface area contributed by atoms with Crippen LogP contribution in [0.2, 0.25) is 0 Å². The fourth-order valence-electron chi connectivity index (χ4n) is 5.99. The van der Waals surface area contributed by atoms with E-state index in [0.29, 0.717) is 43.6 Å². The molecule has 7 rings (SSSR count). The van der Waals surface area contributed by atoms with E-state index < -0.39 is 0 Å². The van der Waals surface area contributed by atoms with Gasteiger partial charge in [0.05, 0.1) is 23.8 Å². The summed E-state index contributed by atoms with van der Waals surface area (Å²) in [6.45, 7) is 7.71. The predicted molar refractivity (Wildman–Crippen MR) is 178 cm³/mol. The summed E-state index contributed by atoms with van der Waals surface area (Å²) in [5.41, 5.74) is 4.39. The second kappa shape index (κ2) is 15.0. The van der Waals surface area contributed by atoms with Crippen molar-refractivity contribution in [2.45, 2.75) is 25.9 Å². The van der Waals surface area contributed by atoms with Crippen molar-refractivity contribution in [3.8, 4) is 5.75 Å². The van der Waals surface area contributed by atoms with Crippen molar-refractivity contribution >= 4 is 34.2 Å². The smallest absolute Gasteiger partial charge is 0.410 e. The van der Waals surface area contributed by atoms with E-state index in [4.69, 9.17) is 13.9 Å². The van der Waals surface area contributed by atoms with Gasteiger partial charge >= 0.3 is 6.09 Å². The lowest BCUT2D eigenvalue weighted by molar-refractivity contribution is 0.0932. The molecule has 0 saturated carbocycles. The Kier molecular flexibility index (Phi) is 10.1. The van der Waals surface area contributed by atoms with E-state index in [1.807, 2.05) is 60.7 Å². The fourth-order valence-corrected chi connectivity index (χ4v) is 5.99. The van der Waals surface area contributed by atoms with Crippen LogP contribution < -0.4 is 25.3 Å². The van der Waals surface area contributed by atoms with Gasteiger partial charge in [0.25, 0.3) is 0 Å². The molecule has 0 atom stereocenters. The number of anilines is 2. The molecule has 0 aliphatic carbocycles. The van der Waals surface area contributed by atoms with Gasteiger partial charge in [-0.3, -0.25) is 9.59 Å². The molecule has 240 valence electrons. The zero-order valence-corrected chi connectivity index (χ0v) is 26.0. The number of benzene rings is 3. The van der Waals surface area contributed by atoms with Crippen molar-refractivity contribution in [3.05, 3.63) is 100 Å². The van der Waals surface area contributed by atoms with Crippen LogP contribution >= 0.6 is 0 Å². The van der Waals surface area contributed by atoms with Gasteiger partial charge in [0.15, 0.2) is 11.2 Å². The molecule has 2 fully saturated rings. The minimum Gasteiger partial charge on any atom is -0.492 e. The van der Waals surface area contributed by atoms with E-state index in [1.165, 1.54) is 12.3 Å². The fraction of sp³-hybridized carbons (Fsp3) is 0.361. The number of ether oxygens (including phenoxy) is 2. The topological polar surface area (TPSA) is 105 Å². The number of Topliss-reactive ketones (excluding diaryl/α,β-unsaturated/α-hetero) is 1. The Balaban J connectivity index is 0.000000178. The molecule has 4 aromatic rings. The Labute approximate surface area is 268 Å². The van der Waals surface area contributed by atoms with Crippen molar-refractivity contribution in [2.24, 2.45) is 0 Å². The van der Waals surface area contributed by atoms with Crippen molar-refractivity contribution in [1.82, 2.24) is 10.2 Å². The summed E-state index contributed by atoms with van der Waals surface area (Å²) < 4.78 is 16.5. The molecule has 0 bridgehead atoms. The Morgan fingerprint density at radius 1 is 0.804 bits per heavy atom. The minimum atomic E-state index is -0.282. The lowest BCUT2D eigenvalue weighted by Gasteiger charge is -2.24. The quantitative estimate of drug-likeness (QED) is 0.332. The summed E-state index contributed by atoms with van der Waals surface area (Å²) in [7, 11) is 0. The maximum atomic E-state index is 12.4. The van der Waals surface area contributed by atoms with Crippen molar-refractivity contribution in [2.75, 3.05) is 68.8 Å². The van der Waals surface area contributed by atoms with Crippen molar-refractivity contribution < 1.29 is 23.5 Å². The summed E-state index contributed by atoms with van der Waals surface area (Å²) >= 11 is 0. The van der Waals surface area contributed by atoms with Gasteiger partial charge in [0.1, 0.15) is 17.9 Å². The van der Waals surface area contributed by atoms with Gasteiger partial charge in [-0.1, -0.05) is 30.3 Å². The van der Waals surface area contributed by atoms with Crippen molar-refractivity contribution in [1.29, 1.82) is 0 Å². The number of nitrogens with zero attached hydrogens (tertiary/aromatic N) is 3. The highest BCUT2D eigenvalue weighted by atomic mass is 16.6. The lowest BCUT2D eigenvalue weighted by Crippen LogP contribution is -2.35. The number of fused-ring (bicyclic) bond motifs is 2. The Hall–Kier alpha value is -4.83. The van der Waals surface area contributed by atoms with Crippen LogP contribution in [0.15, 0.2) is 88.3 Å². The lowest BCUT2D eigenvalue weighted by atomic mass is 10.0. The largest absolute Gasteiger partial charge is 0.492 e. The molecule has 0 radical (unpaired) electrons. The maximum Gasteiger partial charge on any atom is 0.410 e. The van der Waals surface area contributed by atoms with Crippen LogP contribution in [0.4, 0.5) is 16.2 Å². The summed E-state index contributed by atoms with van der Waals surface area (Å²) in [6.07, 6.45) is 3.63.